The Morgan fingerprint density at radius 2 is 2.00 bits per heavy atom. The van der Waals surface area contributed by atoms with E-state index in [1.54, 1.807) is 13.8 Å². The fourth-order valence-corrected chi connectivity index (χ4v) is 5.54. The molecule has 7 nitrogen and oxygen atoms in total. The molecule has 126 valence electrons. The number of carboxylic acid groups (broad SMARTS) is 1. The summed E-state index contributed by atoms with van der Waals surface area (Å²) in [7, 11) is -3.71. The van der Waals surface area contributed by atoms with Gasteiger partial charge in [-0.2, -0.15) is 4.31 Å². The molecule has 1 N–H and O–H groups in total. The number of aliphatic carboxylic acids is 1. The standard InChI is InChI=1S/C14H23NO6S/c1-3-21-12(16)9-14(6-7-14)22(19,20)15-8-4-5-11(10(15)2)13(17)18/h10-11H,3-9H2,1-2H3,(H,17,18)/t10-,11-/m0/s1. The molecule has 1 heterocycles. The molecule has 1 aliphatic carbocycles. The molecule has 0 aromatic carbocycles. The third-order valence-electron chi connectivity index (χ3n) is 4.68. The summed E-state index contributed by atoms with van der Waals surface area (Å²) in [5, 5.41) is 9.23. The number of carbonyl (C=O) groups is 2. The Morgan fingerprint density at radius 3 is 2.50 bits per heavy atom. The van der Waals surface area contributed by atoms with Gasteiger partial charge in [0.25, 0.3) is 0 Å². The Bertz CT molecular complexity index is 554. The molecule has 0 aromatic heterocycles. The fourth-order valence-electron chi connectivity index (χ4n) is 3.17. The van der Waals surface area contributed by atoms with E-state index in [-0.39, 0.29) is 13.0 Å². The van der Waals surface area contributed by atoms with Gasteiger partial charge >= 0.3 is 11.9 Å². The van der Waals surface area contributed by atoms with Gasteiger partial charge in [0, 0.05) is 12.6 Å². The van der Waals surface area contributed by atoms with Crippen LogP contribution in [0.5, 0.6) is 0 Å². The highest BCUT2D eigenvalue weighted by Gasteiger charge is 2.59. The van der Waals surface area contributed by atoms with Gasteiger partial charge in [-0.15, -0.1) is 0 Å². The average molecular weight is 333 g/mol. The first-order chi connectivity index (χ1) is 10.2. The van der Waals surface area contributed by atoms with E-state index in [2.05, 4.69) is 0 Å². The van der Waals surface area contributed by atoms with Gasteiger partial charge in [-0.05, 0) is 39.5 Å². The molecule has 22 heavy (non-hydrogen) atoms. The summed E-state index contributed by atoms with van der Waals surface area (Å²) in [4.78, 5) is 23.0. The maximum atomic E-state index is 12.9. The number of hydrogen-bond donors (Lipinski definition) is 1. The molecule has 8 heteroatoms. The Hall–Kier alpha value is -1.15. The second kappa shape index (κ2) is 6.16. The van der Waals surface area contributed by atoms with E-state index < -0.39 is 38.7 Å². The van der Waals surface area contributed by atoms with Gasteiger partial charge in [-0.3, -0.25) is 9.59 Å². The number of carboxylic acids is 1. The van der Waals surface area contributed by atoms with Crippen LogP contribution in [0.1, 0.15) is 46.0 Å². The minimum atomic E-state index is -3.71. The molecule has 0 aromatic rings. The maximum absolute atomic E-state index is 12.9. The summed E-state index contributed by atoms with van der Waals surface area (Å²) < 4.78 is 30.9. The molecule has 0 radical (unpaired) electrons. The predicted molar refractivity (Wildman–Crippen MR) is 78.7 cm³/mol. The molecule has 1 saturated heterocycles. The van der Waals surface area contributed by atoms with Gasteiger partial charge in [-0.1, -0.05) is 0 Å². The molecule has 0 bridgehead atoms. The lowest BCUT2D eigenvalue weighted by Gasteiger charge is -2.38. The van der Waals surface area contributed by atoms with Crippen LogP contribution in [0.25, 0.3) is 0 Å². The Balaban J connectivity index is 2.19. The Labute approximate surface area is 130 Å². The van der Waals surface area contributed by atoms with E-state index in [9.17, 15) is 23.1 Å². The van der Waals surface area contributed by atoms with Crippen LogP contribution in [0.15, 0.2) is 0 Å². The van der Waals surface area contributed by atoms with Crippen molar-refractivity contribution in [1.82, 2.24) is 4.31 Å². The molecule has 2 fully saturated rings. The fraction of sp³-hybridized carbons (Fsp3) is 0.857. The number of piperidine rings is 1. The molecule has 2 aliphatic rings. The summed E-state index contributed by atoms with van der Waals surface area (Å²) in [5.41, 5.74) is 0. The van der Waals surface area contributed by atoms with Crippen LogP contribution in [0.4, 0.5) is 0 Å². The number of nitrogens with zero attached hydrogens (tertiary/aromatic N) is 1. The van der Waals surface area contributed by atoms with Crippen LogP contribution in [-0.2, 0) is 24.3 Å². The van der Waals surface area contributed by atoms with Crippen LogP contribution in [0.3, 0.4) is 0 Å². The second-order valence-electron chi connectivity index (χ2n) is 6.11. The van der Waals surface area contributed by atoms with Crippen LogP contribution >= 0.6 is 0 Å². The summed E-state index contributed by atoms with van der Waals surface area (Å²) >= 11 is 0. The minimum absolute atomic E-state index is 0.149. The van der Waals surface area contributed by atoms with E-state index in [1.165, 1.54) is 4.31 Å². The maximum Gasteiger partial charge on any atom is 0.308 e. The van der Waals surface area contributed by atoms with Crippen molar-refractivity contribution in [3.05, 3.63) is 0 Å². The van der Waals surface area contributed by atoms with Crippen molar-refractivity contribution < 1.29 is 27.9 Å². The zero-order valence-corrected chi connectivity index (χ0v) is 13.8. The molecule has 2 atom stereocenters. The van der Waals surface area contributed by atoms with Crippen molar-refractivity contribution in [2.24, 2.45) is 5.92 Å². The normalized spacial score (nSPS) is 28.1. The van der Waals surface area contributed by atoms with Crippen molar-refractivity contribution in [2.75, 3.05) is 13.2 Å². The van der Waals surface area contributed by atoms with Gasteiger partial charge in [0.15, 0.2) is 0 Å². The van der Waals surface area contributed by atoms with Gasteiger partial charge in [-0.25, -0.2) is 8.42 Å². The summed E-state index contributed by atoms with van der Waals surface area (Å²) in [6, 6.07) is -0.587. The van der Waals surface area contributed by atoms with Crippen molar-refractivity contribution in [2.45, 2.75) is 56.7 Å². The van der Waals surface area contributed by atoms with Crippen molar-refractivity contribution in [3.63, 3.8) is 0 Å². The molecular formula is C14H23NO6S. The SMILES string of the molecule is CCOC(=O)CC1(S(=O)(=O)N2CCC[C@H](C(=O)O)[C@@H]2C)CC1. The Morgan fingerprint density at radius 1 is 1.36 bits per heavy atom. The molecule has 1 saturated carbocycles. The third-order valence-corrected chi connectivity index (χ3v) is 7.46. The van der Waals surface area contributed by atoms with Crippen LogP contribution < -0.4 is 0 Å². The van der Waals surface area contributed by atoms with Crippen LogP contribution in [0.2, 0.25) is 0 Å². The predicted octanol–water partition coefficient (Wildman–Crippen LogP) is 0.987. The number of carbonyl (C=O) groups excluding carboxylic acids is 1. The van der Waals surface area contributed by atoms with Crippen molar-refractivity contribution in [1.29, 1.82) is 0 Å². The van der Waals surface area contributed by atoms with E-state index >= 15 is 0 Å². The van der Waals surface area contributed by atoms with E-state index in [1.807, 2.05) is 0 Å². The lowest BCUT2D eigenvalue weighted by molar-refractivity contribution is -0.145. The second-order valence-corrected chi connectivity index (χ2v) is 8.39. The van der Waals surface area contributed by atoms with Crippen molar-refractivity contribution in [3.8, 4) is 0 Å². The zero-order chi connectivity index (χ0) is 16.5. The molecule has 0 unspecified atom stereocenters. The van der Waals surface area contributed by atoms with Gasteiger partial charge in [0.1, 0.15) is 0 Å². The first kappa shape index (κ1) is 17.2. The summed E-state index contributed by atoms with van der Waals surface area (Å²) in [6.07, 6.45) is 1.71. The van der Waals surface area contributed by atoms with Crippen LogP contribution in [0, 0.1) is 5.92 Å². The zero-order valence-electron chi connectivity index (χ0n) is 12.9. The quantitative estimate of drug-likeness (QED) is 0.727. The number of sulfonamides is 1. The van der Waals surface area contributed by atoms with E-state index in [0.717, 1.165) is 0 Å². The molecule has 0 spiro atoms. The summed E-state index contributed by atoms with van der Waals surface area (Å²) in [6.45, 7) is 3.85. The monoisotopic (exact) mass is 333 g/mol. The lowest BCUT2D eigenvalue weighted by atomic mass is 9.92. The van der Waals surface area contributed by atoms with E-state index in [0.29, 0.717) is 32.2 Å². The molecule has 1 aliphatic heterocycles. The van der Waals surface area contributed by atoms with Gasteiger partial charge in [0.05, 0.1) is 23.7 Å². The largest absolute Gasteiger partial charge is 0.481 e. The first-order valence-electron chi connectivity index (χ1n) is 7.65. The van der Waals surface area contributed by atoms with Crippen LogP contribution in [-0.4, -0.2) is 53.7 Å². The highest BCUT2D eigenvalue weighted by atomic mass is 32.2. The highest BCUT2D eigenvalue weighted by Crippen LogP contribution is 2.49. The van der Waals surface area contributed by atoms with Gasteiger partial charge in [0.2, 0.25) is 10.0 Å². The number of ether oxygens (including phenoxy) is 1. The first-order valence-corrected chi connectivity index (χ1v) is 9.09. The highest BCUT2D eigenvalue weighted by molar-refractivity contribution is 7.90. The van der Waals surface area contributed by atoms with Crippen molar-refractivity contribution >= 4 is 22.0 Å². The number of rotatable bonds is 6. The lowest BCUT2D eigenvalue weighted by Crippen LogP contribution is -2.52. The Kier molecular flexibility index (Phi) is 4.81. The van der Waals surface area contributed by atoms with Gasteiger partial charge < -0.3 is 9.84 Å². The third kappa shape index (κ3) is 2.99. The van der Waals surface area contributed by atoms with E-state index in [4.69, 9.17) is 4.74 Å². The topological polar surface area (TPSA) is 101 Å². The average Bonchev–Trinajstić information content (AvgIpc) is 3.19. The number of esters is 1. The molecule has 2 rings (SSSR count). The smallest absolute Gasteiger partial charge is 0.308 e. The summed E-state index contributed by atoms with van der Waals surface area (Å²) in [5.74, 6) is -2.17. The minimum Gasteiger partial charge on any atom is -0.481 e. The molecule has 0 amide bonds. The molecular weight excluding hydrogens is 310 g/mol. The number of hydrogen-bond acceptors (Lipinski definition) is 5.